The zero-order valence-corrected chi connectivity index (χ0v) is 13.9. The summed E-state index contributed by atoms with van der Waals surface area (Å²) in [4.78, 5) is 20.6. The molecule has 0 unspecified atom stereocenters. The number of likely N-dealkylation sites (N-methyl/N-ethyl adjacent to an activating group) is 1. The van der Waals surface area contributed by atoms with Gasteiger partial charge in [-0.25, -0.2) is 0 Å². The first-order valence-electron chi connectivity index (χ1n) is 8.22. The number of hydrogen-bond acceptors (Lipinski definition) is 5. The van der Waals surface area contributed by atoms with E-state index in [2.05, 4.69) is 4.98 Å². The second kappa shape index (κ2) is 7.38. The van der Waals surface area contributed by atoms with Gasteiger partial charge in [-0.05, 0) is 39.1 Å². The van der Waals surface area contributed by atoms with Crippen molar-refractivity contribution >= 4 is 5.91 Å². The fourth-order valence-corrected chi connectivity index (χ4v) is 3.38. The molecule has 0 aliphatic carbocycles. The van der Waals surface area contributed by atoms with Crippen LogP contribution in [0.15, 0.2) is 24.4 Å². The number of fused-ring (bicyclic) bond motifs is 1. The summed E-state index contributed by atoms with van der Waals surface area (Å²) in [7, 11) is 3.83. The number of amides is 1. The second-order valence-electron chi connectivity index (χ2n) is 6.50. The Labute approximate surface area is 137 Å². The molecule has 1 amide bonds. The molecule has 6 nitrogen and oxygen atoms in total. The van der Waals surface area contributed by atoms with E-state index >= 15 is 0 Å². The number of carbonyl (C=O) groups is 1. The van der Waals surface area contributed by atoms with Crippen molar-refractivity contribution in [1.29, 1.82) is 0 Å². The lowest BCUT2D eigenvalue weighted by atomic mass is 10.0. The summed E-state index contributed by atoms with van der Waals surface area (Å²) < 4.78 is 12.0. The molecule has 0 saturated carbocycles. The predicted octanol–water partition coefficient (Wildman–Crippen LogP) is 0.918. The van der Waals surface area contributed by atoms with Crippen LogP contribution in [0.3, 0.4) is 0 Å². The molecule has 6 heteroatoms. The molecule has 2 saturated heterocycles. The lowest BCUT2D eigenvalue weighted by Gasteiger charge is -2.32. The summed E-state index contributed by atoms with van der Waals surface area (Å²) in [6, 6.07) is 5.93. The number of likely N-dealkylation sites (tertiary alicyclic amines) is 1. The molecular weight excluding hydrogens is 294 g/mol. The van der Waals surface area contributed by atoms with Crippen molar-refractivity contribution in [2.75, 3.05) is 33.8 Å². The van der Waals surface area contributed by atoms with Gasteiger partial charge in [-0.3, -0.25) is 9.78 Å². The van der Waals surface area contributed by atoms with Crippen LogP contribution >= 0.6 is 0 Å². The predicted molar refractivity (Wildman–Crippen MR) is 85.8 cm³/mol. The van der Waals surface area contributed by atoms with E-state index in [0.29, 0.717) is 19.7 Å². The lowest BCUT2D eigenvalue weighted by molar-refractivity contribution is -0.135. The number of ether oxygens (including phenoxy) is 2. The molecule has 3 heterocycles. The molecule has 0 aromatic carbocycles. The van der Waals surface area contributed by atoms with Crippen molar-refractivity contribution in [3.05, 3.63) is 30.1 Å². The Morgan fingerprint density at radius 3 is 3.09 bits per heavy atom. The summed E-state index contributed by atoms with van der Waals surface area (Å²) in [6.07, 6.45) is 3.67. The van der Waals surface area contributed by atoms with Crippen LogP contribution in [0.25, 0.3) is 0 Å². The number of rotatable bonds is 5. The van der Waals surface area contributed by atoms with Gasteiger partial charge in [0.15, 0.2) is 0 Å². The highest BCUT2D eigenvalue weighted by atomic mass is 16.5. The van der Waals surface area contributed by atoms with Crippen LogP contribution in [-0.2, 0) is 20.9 Å². The van der Waals surface area contributed by atoms with Gasteiger partial charge in [0.1, 0.15) is 12.2 Å². The van der Waals surface area contributed by atoms with Gasteiger partial charge in [-0.15, -0.1) is 0 Å². The van der Waals surface area contributed by atoms with Crippen LogP contribution in [0.2, 0.25) is 0 Å². The standard InChI is InChI=1S/C17H25N3O3/c1-19(2)11-16(21)20-10-15(17-14(20)7-5-9-22-17)23-12-13-6-3-4-8-18-13/h3-4,6,8,14-15,17H,5,7,9-12H2,1-2H3/t14-,15+,17+/m1/s1. The highest BCUT2D eigenvalue weighted by Crippen LogP contribution is 2.31. The summed E-state index contributed by atoms with van der Waals surface area (Å²) in [5.41, 5.74) is 0.901. The van der Waals surface area contributed by atoms with E-state index in [4.69, 9.17) is 9.47 Å². The van der Waals surface area contributed by atoms with Crippen molar-refractivity contribution in [3.8, 4) is 0 Å². The maximum Gasteiger partial charge on any atom is 0.237 e. The average Bonchev–Trinajstić information content (AvgIpc) is 2.92. The third kappa shape index (κ3) is 3.88. The Bertz CT molecular complexity index is 523. The number of pyridine rings is 1. The van der Waals surface area contributed by atoms with E-state index in [1.165, 1.54) is 0 Å². The molecule has 2 aliphatic heterocycles. The summed E-state index contributed by atoms with van der Waals surface area (Å²) >= 11 is 0. The van der Waals surface area contributed by atoms with Gasteiger partial charge in [0.2, 0.25) is 5.91 Å². The first-order chi connectivity index (χ1) is 11.1. The van der Waals surface area contributed by atoms with Gasteiger partial charge in [-0.2, -0.15) is 0 Å². The van der Waals surface area contributed by atoms with Crippen molar-refractivity contribution < 1.29 is 14.3 Å². The monoisotopic (exact) mass is 319 g/mol. The zero-order chi connectivity index (χ0) is 16.2. The molecule has 1 aromatic rings. The number of aromatic nitrogens is 1. The Hall–Kier alpha value is -1.50. The molecular formula is C17H25N3O3. The van der Waals surface area contributed by atoms with Crippen molar-refractivity contribution in [3.63, 3.8) is 0 Å². The third-order valence-corrected chi connectivity index (χ3v) is 4.42. The van der Waals surface area contributed by atoms with Crippen LogP contribution in [0, 0.1) is 0 Å². The minimum atomic E-state index is -0.0755. The van der Waals surface area contributed by atoms with Gasteiger partial charge >= 0.3 is 0 Å². The van der Waals surface area contributed by atoms with Gasteiger partial charge in [-0.1, -0.05) is 6.07 Å². The molecule has 2 aliphatic rings. The highest BCUT2D eigenvalue weighted by molar-refractivity contribution is 5.79. The maximum atomic E-state index is 12.5. The van der Waals surface area contributed by atoms with Gasteiger partial charge < -0.3 is 19.3 Å². The summed E-state index contributed by atoms with van der Waals surface area (Å²) in [5, 5.41) is 0. The third-order valence-electron chi connectivity index (χ3n) is 4.42. The minimum absolute atomic E-state index is 0.0152. The zero-order valence-electron chi connectivity index (χ0n) is 13.9. The molecule has 0 radical (unpaired) electrons. The lowest BCUT2D eigenvalue weighted by Crippen LogP contribution is -2.46. The Kier molecular flexibility index (Phi) is 5.25. The van der Waals surface area contributed by atoms with Crippen molar-refractivity contribution in [2.24, 2.45) is 0 Å². The first-order valence-corrected chi connectivity index (χ1v) is 8.22. The molecule has 3 rings (SSSR count). The smallest absolute Gasteiger partial charge is 0.237 e. The van der Waals surface area contributed by atoms with Crippen molar-refractivity contribution in [1.82, 2.24) is 14.8 Å². The van der Waals surface area contributed by atoms with E-state index in [9.17, 15) is 4.79 Å². The van der Waals surface area contributed by atoms with Crippen LogP contribution in [0.4, 0.5) is 0 Å². The summed E-state index contributed by atoms with van der Waals surface area (Å²) in [6.45, 7) is 2.24. The minimum Gasteiger partial charge on any atom is -0.373 e. The molecule has 3 atom stereocenters. The van der Waals surface area contributed by atoms with E-state index in [-0.39, 0.29) is 24.2 Å². The number of hydrogen-bond donors (Lipinski definition) is 0. The van der Waals surface area contributed by atoms with Crippen LogP contribution in [0.1, 0.15) is 18.5 Å². The number of carbonyl (C=O) groups excluding carboxylic acids is 1. The SMILES string of the molecule is CN(C)CC(=O)N1C[C@H](OCc2ccccn2)[C@H]2OCCC[C@H]21. The van der Waals surface area contributed by atoms with E-state index in [0.717, 1.165) is 25.1 Å². The fourth-order valence-electron chi connectivity index (χ4n) is 3.38. The van der Waals surface area contributed by atoms with Crippen molar-refractivity contribution in [2.45, 2.75) is 37.7 Å². The van der Waals surface area contributed by atoms with E-state index < -0.39 is 0 Å². The summed E-state index contributed by atoms with van der Waals surface area (Å²) in [5.74, 6) is 0.152. The Morgan fingerprint density at radius 1 is 1.48 bits per heavy atom. The van der Waals surface area contributed by atoms with Gasteiger partial charge in [0.05, 0.1) is 24.9 Å². The molecule has 0 bridgehead atoms. The fraction of sp³-hybridized carbons (Fsp3) is 0.647. The molecule has 2 fully saturated rings. The topological polar surface area (TPSA) is 54.9 Å². The second-order valence-corrected chi connectivity index (χ2v) is 6.50. The van der Waals surface area contributed by atoms with Gasteiger partial charge in [0.25, 0.3) is 0 Å². The van der Waals surface area contributed by atoms with Gasteiger partial charge in [0, 0.05) is 19.3 Å². The molecule has 0 N–H and O–H groups in total. The largest absolute Gasteiger partial charge is 0.373 e. The van der Waals surface area contributed by atoms with E-state index in [1.54, 1.807) is 6.20 Å². The maximum absolute atomic E-state index is 12.5. The Balaban J connectivity index is 1.65. The highest BCUT2D eigenvalue weighted by Gasteiger charge is 2.46. The first kappa shape index (κ1) is 16.4. The molecule has 1 aromatic heterocycles. The Morgan fingerprint density at radius 2 is 2.35 bits per heavy atom. The van der Waals surface area contributed by atoms with E-state index in [1.807, 2.05) is 42.1 Å². The molecule has 23 heavy (non-hydrogen) atoms. The van der Waals surface area contributed by atoms with Crippen LogP contribution < -0.4 is 0 Å². The number of nitrogens with zero attached hydrogens (tertiary/aromatic N) is 3. The average molecular weight is 319 g/mol. The normalized spacial score (nSPS) is 27.3. The van der Waals surface area contributed by atoms with Crippen LogP contribution in [-0.4, -0.2) is 72.7 Å². The van der Waals surface area contributed by atoms with Crippen LogP contribution in [0.5, 0.6) is 0 Å². The molecule has 126 valence electrons. The quantitative estimate of drug-likeness (QED) is 0.808. The molecule has 0 spiro atoms.